The Hall–Kier alpha value is -3.79. The van der Waals surface area contributed by atoms with Gasteiger partial charge < -0.3 is 21.7 Å². The molecule has 0 aromatic heterocycles. The average molecular weight is 364 g/mol. The quantitative estimate of drug-likeness (QED) is 0.495. The fraction of sp³-hybridized carbons (Fsp3) is 0.150. The molecule has 138 valence electrons. The highest BCUT2D eigenvalue weighted by molar-refractivity contribution is 5.99. The average Bonchev–Trinajstić information content (AvgIpc) is 2.54. The molecule has 3 amide bonds. The number of carbonyl (C=O) groups is 3. The summed E-state index contributed by atoms with van der Waals surface area (Å²) in [5.74, 6) is 5.00. The number of anilines is 4. The molecule has 0 heterocycles. The molecule has 2 aromatic carbocycles. The van der Waals surface area contributed by atoms with Crippen molar-refractivity contribution in [1.82, 2.24) is 0 Å². The van der Waals surface area contributed by atoms with Crippen LogP contribution in [0.1, 0.15) is 31.9 Å². The van der Waals surface area contributed by atoms with Crippen molar-refractivity contribution in [2.45, 2.75) is 20.8 Å². The van der Waals surface area contributed by atoms with Gasteiger partial charge in [-0.05, 0) is 24.3 Å². The molecule has 0 aliphatic rings. The molecule has 27 heavy (non-hydrogen) atoms. The molecule has 7 nitrogen and oxygen atoms in total. The summed E-state index contributed by atoms with van der Waals surface area (Å²) in [5, 5.41) is 7.99. The van der Waals surface area contributed by atoms with Crippen molar-refractivity contribution in [3.63, 3.8) is 0 Å². The molecule has 0 atom stereocenters. The number of hydrogen-bond acceptors (Lipinski definition) is 4. The van der Waals surface area contributed by atoms with Crippen molar-refractivity contribution in [2.24, 2.45) is 0 Å². The summed E-state index contributed by atoms with van der Waals surface area (Å²) < 4.78 is 0. The molecule has 0 radical (unpaired) electrons. The molecule has 0 aliphatic carbocycles. The predicted octanol–water partition coefficient (Wildman–Crippen LogP) is 2.54. The number of nitrogens with two attached hydrogens (primary N) is 1. The largest absolute Gasteiger partial charge is 0.398 e. The lowest BCUT2D eigenvalue weighted by Crippen LogP contribution is -2.14. The van der Waals surface area contributed by atoms with Gasteiger partial charge in [0.25, 0.3) is 0 Å². The number of nitrogen functional groups attached to an aromatic ring is 1. The van der Waals surface area contributed by atoms with Crippen LogP contribution in [0.3, 0.4) is 0 Å². The second kappa shape index (κ2) is 8.54. The van der Waals surface area contributed by atoms with Crippen LogP contribution in [0.15, 0.2) is 36.4 Å². The molecule has 0 fully saturated rings. The normalized spacial score (nSPS) is 9.59. The van der Waals surface area contributed by atoms with Crippen molar-refractivity contribution < 1.29 is 14.4 Å². The van der Waals surface area contributed by atoms with E-state index in [2.05, 4.69) is 27.8 Å². The molecule has 7 heteroatoms. The summed E-state index contributed by atoms with van der Waals surface area (Å²) in [6.45, 7) is 4.08. The first-order valence-corrected chi connectivity index (χ1v) is 8.13. The first-order valence-electron chi connectivity index (χ1n) is 8.13. The van der Waals surface area contributed by atoms with Crippen LogP contribution in [0, 0.1) is 11.8 Å². The van der Waals surface area contributed by atoms with Gasteiger partial charge in [-0.2, -0.15) is 0 Å². The summed E-state index contributed by atoms with van der Waals surface area (Å²) in [6, 6.07) is 10.3. The van der Waals surface area contributed by atoms with E-state index in [4.69, 9.17) is 5.73 Å². The molecule has 0 spiro atoms. The first kappa shape index (κ1) is 19.5. The number of benzene rings is 2. The molecule has 0 saturated heterocycles. The Morgan fingerprint density at radius 3 is 1.81 bits per heavy atom. The van der Waals surface area contributed by atoms with E-state index in [1.807, 2.05) is 6.07 Å². The first-order chi connectivity index (χ1) is 12.8. The third-order valence-electron chi connectivity index (χ3n) is 3.36. The van der Waals surface area contributed by atoms with E-state index in [9.17, 15) is 14.4 Å². The van der Waals surface area contributed by atoms with Gasteiger partial charge in [0.2, 0.25) is 17.7 Å². The Balaban J connectivity index is 2.64. The van der Waals surface area contributed by atoms with Gasteiger partial charge in [0.05, 0.1) is 16.9 Å². The highest BCUT2D eigenvalue weighted by Crippen LogP contribution is 2.29. The minimum absolute atomic E-state index is 0.284. The van der Waals surface area contributed by atoms with E-state index < -0.39 is 0 Å². The summed E-state index contributed by atoms with van der Waals surface area (Å²) >= 11 is 0. The highest BCUT2D eigenvalue weighted by atomic mass is 16.2. The number of amides is 3. The Labute approximate surface area is 157 Å². The Morgan fingerprint density at radius 2 is 1.33 bits per heavy atom. The van der Waals surface area contributed by atoms with Crippen molar-refractivity contribution in [3.8, 4) is 11.8 Å². The summed E-state index contributed by atoms with van der Waals surface area (Å²) in [5.41, 5.74) is 8.58. The third-order valence-corrected chi connectivity index (χ3v) is 3.36. The smallest absolute Gasteiger partial charge is 0.221 e. The van der Waals surface area contributed by atoms with Gasteiger partial charge in [-0.15, -0.1) is 0 Å². The van der Waals surface area contributed by atoms with Gasteiger partial charge in [-0.25, -0.2) is 0 Å². The van der Waals surface area contributed by atoms with Crippen LogP contribution in [0.4, 0.5) is 22.7 Å². The van der Waals surface area contributed by atoms with Gasteiger partial charge >= 0.3 is 0 Å². The molecule has 0 aliphatic heterocycles. The molecule has 0 saturated carbocycles. The van der Waals surface area contributed by atoms with Crippen molar-refractivity contribution in [1.29, 1.82) is 0 Å². The maximum absolute atomic E-state index is 11.6. The number of para-hydroxylation sites is 1. The Bertz CT molecular complexity index is 934. The molecule has 5 N–H and O–H groups in total. The van der Waals surface area contributed by atoms with Gasteiger partial charge in [-0.3, -0.25) is 14.4 Å². The minimum Gasteiger partial charge on any atom is -0.398 e. The van der Waals surface area contributed by atoms with Crippen LogP contribution in [0.25, 0.3) is 0 Å². The van der Waals surface area contributed by atoms with Crippen LogP contribution in [-0.4, -0.2) is 17.7 Å². The van der Waals surface area contributed by atoms with E-state index in [1.165, 1.54) is 20.8 Å². The number of rotatable bonds is 3. The zero-order valence-corrected chi connectivity index (χ0v) is 15.3. The van der Waals surface area contributed by atoms with Gasteiger partial charge in [-0.1, -0.05) is 24.0 Å². The second-order valence-electron chi connectivity index (χ2n) is 5.83. The lowest BCUT2D eigenvalue weighted by Gasteiger charge is -2.14. The SMILES string of the molecule is CC(=O)Nc1cc(NC(C)=O)c(C#Cc2ccccc2N)c(NC(C)=O)c1. The fourth-order valence-corrected chi connectivity index (χ4v) is 2.37. The van der Waals surface area contributed by atoms with E-state index in [0.717, 1.165) is 0 Å². The summed E-state index contributed by atoms with van der Waals surface area (Å²) in [6.07, 6.45) is 0. The van der Waals surface area contributed by atoms with Crippen molar-refractivity contribution >= 4 is 40.5 Å². The lowest BCUT2D eigenvalue weighted by molar-refractivity contribution is -0.115. The van der Waals surface area contributed by atoms with Crippen molar-refractivity contribution in [2.75, 3.05) is 21.7 Å². The Morgan fingerprint density at radius 1 is 0.815 bits per heavy atom. The highest BCUT2D eigenvalue weighted by Gasteiger charge is 2.13. The van der Waals surface area contributed by atoms with Gasteiger partial charge in [0.15, 0.2) is 0 Å². The maximum Gasteiger partial charge on any atom is 0.221 e. The summed E-state index contributed by atoms with van der Waals surface area (Å²) in [7, 11) is 0. The van der Waals surface area contributed by atoms with Crippen LogP contribution in [0.2, 0.25) is 0 Å². The molecule has 0 unspecified atom stereocenters. The van der Waals surface area contributed by atoms with Crippen LogP contribution in [-0.2, 0) is 14.4 Å². The minimum atomic E-state index is -0.314. The molecular formula is C20H20N4O3. The van der Waals surface area contributed by atoms with Crippen molar-refractivity contribution in [3.05, 3.63) is 47.5 Å². The maximum atomic E-state index is 11.6. The van der Waals surface area contributed by atoms with E-state index in [-0.39, 0.29) is 17.7 Å². The van der Waals surface area contributed by atoms with Gasteiger partial charge in [0.1, 0.15) is 0 Å². The van der Waals surface area contributed by atoms with Crippen LogP contribution >= 0.6 is 0 Å². The molecule has 0 bridgehead atoms. The molecular weight excluding hydrogens is 344 g/mol. The van der Waals surface area contributed by atoms with E-state index in [1.54, 1.807) is 30.3 Å². The van der Waals surface area contributed by atoms with Crippen LogP contribution < -0.4 is 21.7 Å². The van der Waals surface area contributed by atoms with E-state index >= 15 is 0 Å². The monoisotopic (exact) mass is 364 g/mol. The number of nitrogens with one attached hydrogen (secondary N) is 3. The Kier molecular flexibility index (Phi) is 6.18. The molecule has 2 rings (SSSR count). The number of carbonyl (C=O) groups excluding carboxylic acids is 3. The zero-order valence-electron chi connectivity index (χ0n) is 15.3. The van der Waals surface area contributed by atoms with Crippen LogP contribution in [0.5, 0.6) is 0 Å². The second-order valence-corrected chi connectivity index (χ2v) is 5.83. The summed E-state index contributed by atoms with van der Waals surface area (Å²) in [4.78, 5) is 34.6. The topological polar surface area (TPSA) is 113 Å². The standard InChI is InChI=1S/C20H20N4O3/c1-12(25)22-16-10-19(23-13(2)26)17(20(11-16)24-14(3)27)9-8-15-6-4-5-7-18(15)21/h4-7,10-11H,21H2,1-3H3,(H,22,25)(H,23,26)(H,24,27). The third kappa shape index (κ3) is 5.61. The number of hydrogen-bond donors (Lipinski definition) is 4. The van der Waals surface area contributed by atoms with E-state index in [0.29, 0.717) is 33.9 Å². The fourth-order valence-electron chi connectivity index (χ4n) is 2.37. The zero-order chi connectivity index (χ0) is 20.0. The predicted molar refractivity (Wildman–Crippen MR) is 106 cm³/mol. The molecule has 2 aromatic rings. The lowest BCUT2D eigenvalue weighted by atomic mass is 10.1. The van der Waals surface area contributed by atoms with Gasteiger partial charge in [0, 0.05) is 37.7 Å².